The van der Waals surface area contributed by atoms with Crippen LogP contribution in [-0.2, 0) is 32.6 Å². The normalized spacial score (nSPS) is 14.4. The molecule has 0 aliphatic heterocycles. The van der Waals surface area contributed by atoms with Crippen LogP contribution in [0.3, 0.4) is 0 Å². The van der Waals surface area contributed by atoms with Gasteiger partial charge in [0, 0.05) is 37.5 Å². The molecule has 1 fully saturated rings. The van der Waals surface area contributed by atoms with E-state index in [0.29, 0.717) is 0 Å². The lowest BCUT2D eigenvalue weighted by Crippen LogP contribution is -2.52. The highest BCUT2D eigenvalue weighted by molar-refractivity contribution is 7.92. The van der Waals surface area contributed by atoms with Crippen molar-refractivity contribution in [3.8, 4) is 0 Å². The van der Waals surface area contributed by atoms with Crippen LogP contribution in [-0.4, -0.2) is 50.0 Å². The molecule has 0 radical (unpaired) electrons. The van der Waals surface area contributed by atoms with Crippen molar-refractivity contribution >= 4 is 27.5 Å². The highest BCUT2D eigenvalue weighted by atomic mass is 32.2. The number of benzene rings is 3. The van der Waals surface area contributed by atoms with E-state index in [4.69, 9.17) is 0 Å². The minimum atomic E-state index is -3.71. The van der Waals surface area contributed by atoms with Crippen molar-refractivity contribution in [2.75, 3.05) is 17.1 Å². The fourth-order valence-electron chi connectivity index (χ4n) is 5.34. The Hall–Kier alpha value is -3.79. The van der Waals surface area contributed by atoms with Crippen LogP contribution in [0.1, 0.15) is 49.7 Å². The second-order valence-corrected chi connectivity index (χ2v) is 12.6. The van der Waals surface area contributed by atoms with Crippen LogP contribution < -0.4 is 9.62 Å². The number of anilines is 1. The lowest BCUT2D eigenvalue weighted by atomic mass is 10.0. The zero-order valence-corrected chi connectivity index (χ0v) is 24.5. The van der Waals surface area contributed by atoms with E-state index in [1.165, 1.54) is 35.2 Å². The highest BCUT2D eigenvalue weighted by Crippen LogP contribution is 2.23. The summed E-state index contributed by atoms with van der Waals surface area (Å²) in [7, 11) is -3.71. The van der Waals surface area contributed by atoms with Gasteiger partial charge in [0.25, 0.3) is 0 Å². The second-order valence-electron chi connectivity index (χ2n) is 10.7. The molecule has 7 nitrogen and oxygen atoms in total. The van der Waals surface area contributed by atoms with Crippen LogP contribution in [0.2, 0.25) is 0 Å². The zero-order valence-electron chi connectivity index (χ0n) is 23.7. The summed E-state index contributed by atoms with van der Waals surface area (Å²) in [5, 5.41) is 3.11. The standard InChI is InChI=1S/C32H37F2N3O4S/c1-42(40,41)37(28-19-17-26(33)18-20-28)21-9-16-31(38)36(23-25-12-5-8-15-29(25)34)30(22-24-10-3-2-4-11-24)32(39)35-27-13-6-7-14-27/h2-5,8,10-12,15,17-20,27,30H,6-7,9,13-14,16,21-23H2,1H3,(H,35,39). The SMILES string of the molecule is CS(=O)(=O)N(CCCC(=O)N(Cc1ccccc1F)C(Cc1ccccc1)C(=O)NC1CCCC1)c1ccc(F)cc1. The number of sulfonamides is 1. The Bertz CT molecular complexity index is 1450. The molecule has 1 saturated carbocycles. The molecule has 3 aromatic rings. The molecular weight excluding hydrogens is 560 g/mol. The van der Waals surface area contributed by atoms with Crippen LogP contribution in [0.4, 0.5) is 14.5 Å². The van der Waals surface area contributed by atoms with Gasteiger partial charge in [-0.1, -0.05) is 61.4 Å². The molecule has 42 heavy (non-hydrogen) atoms. The minimum Gasteiger partial charge on any atom is -0.352 e. The van der Waals surface area contributed by atoms with Gasteiger partial charge < -0.3 is 10.2 Å². The molecule has 1 N–H and O–H groups in total. The molecule has 0 spiro atoms. The maximum atomic E-state index is 14.8. The Morgan fingerprint density at radius 3 is 2.21 bits per heavy atom. The van der Waals surface area contributed by atoms with Gasteiger partial charge in [0.2, 0.25) is 21.8 Å². The van der Waals surface area contributed by atoms with Crippen LogP contribution in [0, 0.1) is 11.6 Å². The summed E-state index contributed by atoms with van der Waals surface area (Å²) in [6.45, 7) is -0.143. The van der Waals surface area contributed by atoms with Gasteiger partial charge in [-0.05, 0) is 55.2 Å². The number of hydrogen-bond donors (Lipinski definition) is 1. The fraction of sp³-hybridized carbons (Fsp3) is 0.375. The smallest absolute Gasteiger partial charge is 0.243 e. The number of rotatable bonds is 13. The molecule has 0 heterocycles. The van der Waals surface area contributed by atoms with E-state index in [1.807, 2.05) is 30.3 Å². The summed E-state index contributed by atoms with van der Waals surface area (Å²) in [6.07, 6.45) is 5.14. The van der Waals surface area contributed by atoms with Crippen molar-refractivity contribution in [2.24, 2.45) is 0 Å². The van der Waals surface area contributed by atoms with E-state index in [9.17, 15) is 26.8 Å². The van der Waals surface area contributed by atoms with Crippen molar-refractivity contribution < 1.29 is 26.8 Å². The van der Waals surface area contributed by atoms with E-state index in [0.717, 1.165) is 41.8 Å². The second kappa shape index (κ2) is 14.4. The zero-order chi connectivity index (χ0) is 30.1. The van der Waals surface area contributed by atoms with Gasteiger partial charge in [0.1, 0.15) is 17.7 Å². The van der Waals surface area contributed by atoms with Crippen molar-refractivity contribution in [1.82, 2.24) is 10.2 Å². The Morgan fingerprint density at radius 1 is 0.929 bits per heavy atom. The molecule has 2 amide bonds. The Morgan fingerprint density at radius 2 is 1.57 bits per heavy atom. The predicted molar refractivity (Wildman–Crippen MR) is 159 cm³/mol. The van der Waals surface area contributed by atoms with Crippen LogP contribution in [0.25, 0.3) is 0 Å². The van der Waals surface area contributed by atoms with Crippen molar-refractivity contribution in [3.63, 3.8) is 0 Å². The van der Waals surface area contributed by atoms with Gasteiger partial charge in [-0.2, -0.15) is 0 Å². The summed E-state index contributed by atoms with van der Waals surface area (Å²) in [4.78, 5) is 29.0. The van der Waals surface area contributed by atoms with Crippen molar-refractivity contribution in [2.45, 2.75) is 63.6 Å². The van der Waals surface area contributed by atoms with E-state index in [2.05, 4.69) is 5.32 Å². The Labute approximate surface area is 246 Å². The molecule has 1 atom stereocenters. The molecule has 1 unspecified atom stereocenters. The summed E-state index contributed by atoms with van der Waals surface area (Å²) in [5.74, 6) is -1.66. The first kappa shape index (κ1) is 31.2. The van der Waals surface area contributed by atoms with Crippen LogP contribution in [0.15, 0.2) is 78.9 Å². The first-order valence-electron chi connectivity index (χ1n) is 14.2. The molecule has 224 valence electrons. The summed E-state index contributed by atoms with van der Waals surface area (Å²) in [6, 6.07) is 19.7. The molecule has 1 aliphatic carbocycles. The molecule has 10 heteroatoms. The third-order valence-corrected chi connectivity index (χ3v) is 8.73. The molecule has 4 rings (SSSR count). The quantitative estimate of drug-likeness (QED) is 0.293. The highest BCUT2D eigenvalue weighted by Gasteiger charge is 2.32. The van der Waals surface area contributed by atoms with Gasteiger partial charge in [0.05, 0.1) is 11.9 Å². The maximum Gasteiger partial charge on any atom is 0.243 e. The first-order valence-corrected chi connectivity index (χ1v) is 16.1. The molecule has 0 saturated heterocycles. The number of nitrogens with one attached hydrogen (secondary N) is 1. The van der Waals surface area contributed by atoms with Crippen LogP contribution in [0.5, 0.6) is 0 Å². The third kappa shape index (κ3) is 8.61. The van der Waals surface area contributed by atoms with E-state index >= 15 is 0 Å². The van der Waals surface area contributed by atoms with Gasteiger partial charge in [-0.3, -0.25) is 13.9 Å². The Balaban J connectivity index is 1.59. The van der Waals surface area contributed by atoms with E-state index in [-0.39, 0.29) is 55.6 Å². The monoisotopic (exact) mass is 597 g/mol. The van der Waals surface area contributed by atoms with E-state index < -0.39 is 33.6 Å². The average molecular weight is 598 g/mol. The van der Waals surface area contributed by atoms with E-state index in [1.54, 1.807) is 18.2 Å². The average Bonchev–Trinajstić information content (AvgIpc) is 3.47. The summed E-state index contributed by atoms with van der Waals surface area (Å²) >= 11 is 0. The lowest BCUT2D eigenvalue weighted by molar-refractivity contribution is -0.141. The van der Waals surface area contributed by atoms with Crippen molar-refractivity contribution in [3.05, 3.63) is 102 Å². The van der Waals surface area contributed by atoms with Gasteiger partial charge in [0.15, 0.2) is 0 Å². The number of amides is 2. The first-order chi connectivity index (χ1) is 20.1. The van der Waals surface area contributed by atoms with Crippen molar-refractivity contribution in [1.29, 1.82) is 0 Å². The number of nitrogens with zero attached hydrogens (tertiary/aromatic N) is 2. The molecular formula is C32H37F2N3O4S. The van der Waals surface area contributed by atoms with Gasteiger partial charge >= 0.3 is 0 Å². The predicted octanol–water partition coefficient (Wildman–Crippen LogP) is 5.21. The molecule has 3 aromatic carbocycles. The number of halogens is 2. The number of carbonyl (C=O) groups is 2. The Kier molecular flexibility index (Phi) is 10.7. The topological polar surface area (TPSA) is 86.8 Å². The maximum absolute atomic E-state index is 14.8. The number of carbonyl (C=O) groups excluding carboxylic acids is 2. The molecule has 0 bridgehead atoms. The summed E-state index contributed by atoms with van der Waals surface area (Å²) < 4.78 is 54.4. The molecule has 0 aromatic heterocycles. The number of hydrogen-bond acceptors (Lipinski definition) is 4. The third-order valence-electron chi connectivity index (χ3n) is 7.54. The van der Waals surface area contributed by atoms with Gasteiger partial charge in [-0.15, -0.1) is 0 Å². The van der Waals surface area contributed by atoms with Gasteiger partial charge in [-0.25, -0.2) is 17.2 Å². The fourth-order valence-corrected chi connectivity index (χ4v) is 6.31. The molecule has 1 aliphatic rings. The lowest BCUT2D eigenvalue weighted by Gasteiger charge is -2.33. The van der Waals surface area contributed by atoms with Crippen LogP contribution >= 0.6 is 0 Å². The minimum absolute atomic E-state index is 0.0264. The largest absolute Gasteiger partial charge is 0.352 e. The summed E-state index contributed by atoms with van der Waals surface area (Å²) in [5.41, 5.74) is 1.42.